The van der Waals surface area contributed by atoms with Crippen molar-refractivity contribution in [3.63, 3.8) is 0 Å². The number of hydrogen-bond donors (Lipinski definition) is 3. The molecule has 0 atom stereocenters. The van der Waals surface area contributed by atoms with Gasteiger partial charge < -0.3 is 16.4 Å². The maximum Gasteiger partial charge on any atom is 0.196 e. The van der Waals surface area contributed by atoms with E-state index in [1.807, 2.05) is 128 Å². The van der Waals surface area contributed by atoms with Crippen molar-refractivity contribution in [3.05, 3.63) is 196 Å². The molecule has 3 aliphatic rings. The van der Waals surface area contributed by atoms with E-state index in [1.54, 1.807) is 12.1 Å². The molecule has 3 aliphatic carbocycles. The molecule has 3 heterocycles. The monoisotopic (exact) mass is 934 g/mol. The highest BCUT2D eigenvalue weighted by Gasteiger charge is 2.32. The van der Waals surface area contributed by atoms with Crippen LogP contribution in [0.2, 0.25) is 0 Å². The fourth-order valence-electron chi connectivity index (χ4n) is 9.55. The van der Waals surface area contributed by atoms with E-state index in [9.17, 15) is 14.4 Å². The molecule has 324 valence electrons. The molecule has 3 aromatic heterocycles. The summed E-state index contributed by atoms with van der Waals surface area (Å²) in [6, 6.07) is 42.7. The lowest BCUT2D eigenvalue weighted by molar-refractivity contribution is 0.103. The number of fused-ring (bicyclic) bond motifs is 6. The summed E-state index contributed by atoms with van der Waals surface area (Å²) < 4.78 is 17.0. The molecule has 0 fully saturated rings. The zero-order chi connectivity index (χ0) is 46.2. The predicted octanol–water partition coefficient (Wildman–Crippen LogP) is 13.3. The summed E-state index contributed by atoms with van der Waals surface area (Å²) in [5, 5.41) is 9.86. The topological polar surface area (TPSA) is 140 Å². The number of ketones is 3. The molecule has 13 rings (SSSR count). The van der Waals surface area contributed by atoms with Gasteiger partial charge in [-0.15, -0.1) is 6.42 Å². The highest BCUT2D eigenvalue weighted by atomic mass is 32.1. The molecule has 0 aliphatic heterocycles. The van der Waals surface area contributed by atoms with E-state index in [2.05, 4.69) is 33.1 Å². The first-order valence-corrected chi connectivity index (χ1v) is 24.0. The quantitative estimate of drug-likeness (QED) is 0.0809. The molecule has 12 heteroatoms. The lowest BCUT2D eigenvalue weighted by atomic mass is 9.86. The Balaban J connectivity index is 0.000000221. The van der Waals surface area contributed by atoms with Crippen LogP contribution >= 0.6 is 34.6 Å². The van der Waals surface area contributed by atoms with E-state index in [-0.39, 0.29) is 17.3 Å². The van der Waals surface area contributed by atoms with E-state index in [0.29, 0.717) is 45.5 Å². The average molecular weight is 935 g/mol. The van der Waals surface area contributed by atoms with Gasteiger partial charge >= 0.3 is 0 Å². The largest absolute Gasteiger partial charge is 0.398 e. The van der Waals surface area contributed by atoms with E-state index in [1.165, 1.54) is 34.6 Å². The van der Waals surface area contributed by atoms with Crippen molar-refractivity contribution in [2.75, 3.05) is 16.4 Å². The first-order valence-electron chi connectivity index (χ1n) is 21.7. The Morgan fingerprint density at radius 1 is 0.574 bits per heavy atom. The summed E-state index contributed by atoms with van der Waals surface area (Å²) in [5.41, 5.74) is 20.8. The van der Waals surface area contributed by atoms with Gasteiger partial charge in [-0.1, -0.05) is 90.8 Å². The molecule has 0 radical (unpaired) electrons. The second-order valence-electron chi connectivity index (χ2n) is 16.6. The lowest BCUT2D eigenvalue weighted by Crippen LogP contribution is -2.13. The second-order valence-corrected chi connectivity index (χ2v) is 19.0. The van der Waals surface area contributed by atoms with Crippen LogP contribution in [-0.2, 0) is 6.42 Å². The van der Waals surface area contributed by atoms with E-state index >= 15 is 0 Å². The Morgan fingerprint density at radius 3 is 1.54 bits per heavy atom. The van der Waals surface area contributed by atoms with Gasteiger partial charge in [0.25, 0.3) is 0 Å². The van der Waals surface area contributed by atoms with Crippen molar-refractivity contribution in [1.29, 1.82) is 0 Å². The molecule has 0 amide bonds. The zero-order valence-electron chi connectivity index (χ0n) is 36.0. The Labute approximate surface area is 401 Å². The molecule has 68 heavy (non-hydrogen) atoms. The van der Waals surface area contributed by atoms with Gasteiger partial charge in [0.15, 0.2) is 17.3 Å². The highest BCUT2D eigenvalue weighted by Crippen LogP contribution is 2.46. The summed E-state index contributed by atoms with van der Waals surface area (Å²) >= 11 is 4.26. The number of nitrogens with zero attached hydrogens (tertiary/aromatic N) is 3. The summed E-state index contributed by atoms with van der Waals surface area (Å²) in [6.45, 7) is 2.00. The van der Waals surface area contributed by atoms with Crippen LogP contribution in [0.1, 0.15) is 60.3 Å². The Kier molecular flexibility index (Phi) is 9.81. The number of nitrogen functional groups attached to an aromatic ring is 1. The maximum atomic E-state index is 13.8. The number of rotatable bonds is 7. The van der Waals surface area contributed by atoms with Crippen LogP contribution < -0.4 is 16.4 Å². The molecular weight excluding hydrogens is 901 g/mol. The number of anilines is 4. The number of aromatic nitrogens is 3. The highest BCUT2D eigenvalue weighted by molar-refractivity contribution is 7.14. The molecular formula is C56H34N6O3S3. The first-order chi connectivity index (χ1) is 33.3. The fourth-order valence-corrected chi connectivity index (χ4v) is 12.0. The molecule has 0 unspecified atom stereocenters. The number of carbonyl (C=O) groups excluding carboxylic acids is 3. The third-order valence-corrected chi connectivity index (χ3v) is 15.1. The summed E-state index contributed by atoms with van der Waals surface area (Å²) in [5.74, 6) is 2.60. The van der Waals surface area contributed by atoms with E-state index < -0.39 is 0 Å². The van der Waals surface area contributed by atoms with E-state index in [4.69, 9.17) is 20.9 Å². The molecule has 0 bridgehead atoms. The Hall–Kier alpha value is -8.34. The van der Waals surface area contributed by atoms with Crippen molar-refractivity contribution in [2.24, 2.45) is 0 Å². The number of benzene rings is 7. The molecule has 7 aromatic carbocycles. The van der Waals surface area contributed by atoms with Gasteiger partial charge in [-0.3, -0.25) is 14.4 Å². The normalized spacial score (nSPS) is 13.1. The van der Waals surface area contributed by atoms with Gasteiger partial charge in [0.1, 0.15) is 0 Å². The van der Waals surface area contributed by atoms with E-state index in [0.717, 1.165) is 97.9 Å². The van der Waals surface area contributed by atoms with Crippen LogP contribution in [0.3, 0.4) is 0 Å². The molecule has 0 spiro atoms. The number of hydrogen-bond acceptors (Lipinski definition) is 12. The van der Waals surface area contributed by atoms with Crippen molar-refractivity contribution in [1.82, 2.24) is 13.1 Å². The molecule has 4 N–H and O–H groups in total. The average Bonchev–Trinajstić information content (AvgIpc) is 4.13. The van der Waals surface area contributed by atoms with Crippen LogP contribution in [-0.4, -0.2) is 30.5 Å². The first kappa shape index (κ1) is 41.1. The van der Waals surface area contributed by atoms with Gasteiger partial charge in [-0.25, -0.2) is 0 Å². The molecule has 10 aromatic rings. The standard InChI is InChI=1S/C42H26N4O2S2.C14H8N2OS/c1-3-4-9-25(23(2)43-31-14-5-10-27-35(31)41(47)29-12-7-16-33-37(29)39(27)45-49-33)22-24-18-20-26(21-19-24)44-32-15-6-11-28-36(32)42(48)30-13-8-17-34-38(30)40(28)46-50-34;15-9-5-1-3-7-11(9)14(17)8-4-2-6-10-12(8)13(7)16-18-10/h1,4-21,43-44H,22H2,2H3;1-6H,15H2/b9-4-,25-23-;. The van der Waals surface area contributed by atoms with Crippen molar-refractivity contribution in [3.8, 4) is 46.1 Å². The van der Waals surface area contributed by atoms with Gasteiger partial charge in [0.2, 0.25) is 0 Å². The van der Waals surface area contributed by atoms with Crippen LogP contribution in [0.5, 0.6) is 0 Å². The predicted molar refractivity (Wildman–Crippen MR) is 278 cm³/mol. The minimum absolute atomic E-state index is 0.00130. The number of terminal acetylenes is 1. The van der Waals surface area contributed by atoms with Crippen molar-refractivity contribution in [2.45, 2.75) is 13.3 Å². The number of carbonyl (C=O) groups is 3. The lowest BCUT2D eigenvalue weighted by Gasteiger charge is -2.20. The van der Waals surface area contributed by atoms with Crippen molar-refractivity contribution < 1.29 is 14.4 Å². The second kappa shape index (κ2) is 16.2. The van der Waals surface area contributed by atoms with Crippen LogP contribution in [0.25, 0.3) is 64.0 Å². The summed E-state index contributed by atoms with van der Waals surface area (Å²) in [6.07, 6.45) is 9.85. The third kappa shape index (κ3) is 6.51. The summed E-state index contributed by atoms with van der Waals surface area (Å²) in [7, 11) is 0. The molecule has 0 saturated carbocycles. The Morgan fingerprint density at radius 2 is 1.01 bits per heavy atom. The number of nitrogens with two attached hydrogens (primary N) is 1. The molecule has 9 nitrogen and oxygen atoms in total. The third-order valence-electron chi connectivity index (χ3n) is 12.7. The van der Waals surface area contributed by atoms with Crippen LogP contribution in [0, 0.1) is 12.3 Å². The Bertz CT molecular complexity index is 3940. The van der Waals surface area contributed by atoms with Crippen LogP contribution in [0.4, 0.5) is 22.7 Å². The smallest absolute Gasteiger partial charge is 0.196 e. The number of allylic oxidation sites excluding steroid dienone is 4. The number of nitrogens with one attached hydrogen (secondary N) is 2. The zero-order valence-corrected chi connectivity index (χ0v) is 38.5. The van der Waals surface area contributed by atoms with Crippen LogP contribution in [0.15, 0.2) is 157 Å². The van der Waals surface area contributed by atoms with Gasteiger partial charge in [0.05, 0.1) is 59.2 Å². The minimum atomic E-state index is -0.0107. The van der Waals surface area contributed by atoms with Gasteiger partial charge in [-0.2, -0.15) is 13.1 Å². The van der Waals surface area contributed by atoms with Gasteiger partial charge in [-0.05, 0) is 120 Å². The maximum absolute atomic E-state index is 13.8. The fraction of sp³-hybridized carbons (Fsp3) is 0.0357. The SMILES string of the molecule is C#C/C=C\C(Cc1ccc(Nc2cccc3c2C(=O)c2cccc4snc-3c24)cc1)=C(/C)Nc1cccc2c1C(=O)c1cccc3snc-2c13.Nc1cccc2c1C(=O)c1cccc3snc-2c13. The minimum Gasteiger partial charge on any atom is -0.398 e. The summed E-state index contributed by atoms with van der Waals surface area (Å²) in [4.78, 5) is 40.1. The molecule has 0 saturated heterocycles. The van der Waals surface area contributed by atoms with Gasteiger partial charge in [0, 0.05) is 66.6 Å². The van der Waals surface area contributed by atoms with Crippen molar-refractivity contribution >= 4 is 105 Å².